The fraction of sp³-hybridized carbons (Fsp3) is 0.765. The summed E-state index contributed by atoms with van der Waals surface area (Å²) in [6.45, 7) is 2.29. The van der Waals surface area contributed by atoms with E-state index >= 15 is 0 Å². The van der Waals surface area contributed by atoms with Crippen molar-refractivity contribution in [3.05, 3.63) is 0 Å². The van der Waals surface area contributed by atoms with Gasteiger partial charge in [-0.25, -0.2) is 0 Å². The Morgan fingerprint density at radius 2 is 1.00 bits per heavy atom. The number of carbonyl (C=O) groups excluding carboxylic acids is 1. The van der Waals surface area contributed by atoms with Gasteiger partial charge >= 0.3 is 17.9 Å². The van der Waals surface area contributed by atoms with E-state index in [4.69, 9.17) is 20.4 Å². The van der Waals surface area contributed by atoms with E-state index in [1.54, 1.807) is 28.8 Å². The number of aliphatic carboxylic acids is 3. The first-order valence-corrected chi connectivity index (χ1v) is 8.99. The highest BCUT2D eigenvalue weighted by atomic mass is 16.4. The lowest BCUT2D eigenvalue weighted by Gasteiger charge is -2.28. The van der Waals surface area contributed by atoms with E-state index in [0.29, 0.717) is 39.3 Å². The van der Waals surface area contributed by atoms with Gasteiger partial charge in [0.1, 0.15) is 6.29 Å². The molecule has 0 aliphatic heterocycles. The molecule has 0 atom stereocenters. The van der Waals surface area contributed by atoms with Gasteiger partial charge in [-0.3, -0.25) is 34.0 Å². The molecule has 0 aliphatic rings. The van der Waals surface area contributed by atoms with Gasteiger partial charge in [0.15, 0.2) is 0 Å². The normalized spacial score (nSPS) is 10.9. The van der Waals surface area contributed by atoms with Crippen molar-refractivity contribution in [1.29, 1.82) is 0 Å². The van der Waals surface area contributed by atoms with E-state index in [1.165, 1.54) is 0 Å². The van der Waals surface area contributed by atoms with E-state index in [2.05, 4.69) is 0 Å². The number of nitrogens with zero attached hydrogens (tertiary/aromatic N) is 4. The minimum atomic E-state index is -0.987. The highest BCUT2D eigenvalue weighted by Gasteiger charge is 2.14. The average molecular weight is 422 g/mol. The third kappa shape index (κ3) is 19.0. The molecule has 0 aromatic carbocycles. The van der Waals surface area contributed by atoms with Crippen molar-refractivity contribution in [2.24, 2.45) is 0 Å². The summed E-state index contributed by atoms with van der Waals surface area (Å²) < 4.78 is 0. The molecule has 0 fully saturated rings. The standard InChI is InChI=1S/C16H30N4O7.CH4O/c1-17(11-14(22)23)3-5-19(9-10-21)7-8-20(13-16(26)27)6-4-18(2)12-15(24)25;1-2/h10H,3-9,11-13H2,1-2H3,(H,22,23)(H,24,25)(H,26,27);2H,1H3. The second kappa shape index (κ2) is 17.9. The van der Waals surface area contributed by atoms with Gasteiger partial charge in [0.05, 0.1) is 26.2 Å². The van der Waals surface area contributed by atoms with Crippen LogP contribution in [-0.4, -0.2) is 151 Å². The molecule has 0 radical (unpaired) electrons. The van der Waals surface area contributed by atoms with Crippen molar-refractivity contribution in [3.63, 3.8) is 0 Å². The number of aliphatic hydroxyl groups is 1. The summed E-state index contributed by atoms with van der Waals surface area (Å²) in [6.07, 6.45) is 0.749. The van der Waals surface area contributed by atoms with Gasteiger partial charge in [0.2, 0.25) is 0 Å². The van der Waals surface area contributed by atoms with Crippen LogP contribution < -0.4 is 0 Å². The SMILES string of the molecule is CN(CCN(CC=O)CCN(CCN(C)CC(=O)O)CC(=O)O)CC(=O)O.CO. The summed E-state index contributed by atoms with van der Waals surface area (Å²) in [5.74, 6) is -2.87. The van der Waals surface area contributed by atoms with Crippen LogP contribution >= 0.6 is 0 Å². The Hall–Kier alpha value is -2.12. The number of hydrogen-bond acceptors (Lipinski definition) is 9. The summed E-state index contributed by atoms with van der Waals surface area (Å²) in [6, 6.07) is 0. The van der Waals surface area contributed by atoms with E-state index in [9.17, 15) is 19.2 Å². The van der Waals surface area contributed by atoms with Crippen molar-refractivity contribution < 1.29 is 39.6 Å². The topological polar surface area (TPSA) is 162 Å². The number of rotatable bonds is 17. The van der Waals surface area contributed by atoms with Gasteiger partial charge in [-0.15, -0.1) is 0 Å². The molecule has 0 bridgehead atoms. The van der Waals surface area contributed by atoms with Crippen LogP contribution in [0.25, 0.3) is 0 Å². The van der Waals surface area contributed by atoms with Crippen molar-refractivity contribution in [3.8, 4) is 0 Å². The summed E-state index contributed by atoms with van der Waals surface area (Å²) in [4.78, 5) is 50.0. The molecule has 0 saturated heterocycles. The molecule has 12 heteroatoms. The van der Waals surface area contributed by atoms with Crippen LogP contribution in [0.2, 0.25) is 0 Å². The quantitative estimate of drug-likeness (QED) is 0.183. The number of likely N-dealkylation sites (N-methyl/N-ethyl adjacent to an activating group) is 2. The van der Waals surface area contributed by atoms with E-state index in [-0.39, 0.29) is 26.2 Å². The van der Waals surface area contributed by atoms with Crippen LogP contribution in [0.15, 0.2) is 0 Å². The molecule has 0 unspecified atom stereocenters. The molecule has 12 nitrogen and oxygen atoms in total. The number of carboxylic acid groups (broad SMARTS) is 3. The zero-order valence-corrected chi connectivity index (χ0v) is 17.4. The molecule has 0 aromatic heterocycles. The fourth-order valence-corrected chi connectivity index (χ4v) is 2.39. The predicted molar refractivity (Wildman–Crippen MR) is 105 cm³/mol. The Bertz CT molecular complexity index is 492. The zero-order chi connectivity index (χ0) is 22.8. The minimum absolute atomic E-state index is 0.101. The molecule has 0 saturated carbocycles. The van der Waals surface area contributed by atoms with Crippen LogP contribution in [-0.2, 0) is 19.2 Å². The lowest BCUT2D eigenvalue weighted by molar-refractivity contribution is -0.140. The third-order valence-electron chi connectivity index (χ3n) is 3.83. The number of hydrogen-bond donors (Lipinski definition) is 4. The second-order valence-electron chi connectivity index (χ2n) is 6.40. The first-order chi connectivity index (χ1) is 13.6. The van der Waals surface area contributed by atoms with Crippen LogP contribution in [0.5, 0.6) is 0 Å². The predicted octanol–water partition coefficient (Wildman–Crippen LogP) is -2.48. The van der Waals surface area contributed by atoms with Gasteiger partial charge in [-0.05, 0) is 14.1 Å². The molecule has 29 heavy (non-hydrogen) atoms. The van der Waals surface area contributed by atoms with Gasteiger partial charge in [0, 0.05) is 46.4 Å². The summed E-state index contributed by atoms with van der Waals surface area (Å²) in [5.41, 5.74) is 0. The first-order valence-electron chi connectivity index (χ1n) is 8.99. The van der Waals surface area contributed by atoms with Gasteiger partial charge in [0.25, 0.3) is 0 Å². The van der Waals surface area contributed by atoms with Gasteiger partial charge < -0.3 is 25.2 Å². The molecule has 0 aromatic rings. The van der Waals surface area contributed by atoms with E-state index in [0.717, 1.165) is 13.4 Å². The highest BCUT2D eigenvalue weighted by molar-refractivity contribution is 5.69. The van der Waals surface area contributed by atoms with Crippen LogP contribution in [0.3, 0.4) is 0 Å². The van der Waals surface area contributed by atoms with Gasteiger partial charge in [-0.2, -0.15) is 0 Å². The molecule has 0 spiro atoms. The Kier molecular flexibility index (Phi) is 18.0. The maximum absolute atomic E-state index is 11.0. The lowest BCUT2D eigenvalue weighted by Crippen LogP contribution is -2.44. The number of aliphatic hydroxyl groups excluding tert-OH is 1. The van der Waals surface area contributed by atoms with Crippen molar-refractivity contribution in [2.45, 2.75) is 0 Å². The summed E-state index contributed by atoms with van der Waals surface area (Å²) in [5, 5.41) is 33.6. The Labute approximate surface area is 170 Å². The maximum atomic E-state index is 11.0. The van der Waals surface area contributed by atoms with E-state index in [1.807, 2.05) is 4.90 Å². The molecular weight excluding hydrogens is 388 g/mol. The molecule has 4 N–H and O–H groups in total. The number of carboxylic acids is 3. The van der Waals surface area contributed by atoms with Crippen molar-refractivity contribution in [2.75, 3.05) is 86.7 Å². The Morgan fingerprint density at radius 3 is 1.38 bits per heavy atom. The number of carbonyl (C=O) groups is 4. The molecule has 0 amide bonds. The molecule has 0 rings (SSSR count). The average Bonchev–Trinajstić information content (AvgIpc) is 2.61. The van der Waals surface area contributed by atoms with Crippen LogP contribution in [0.1, 0.15) is 0 Å². The molecule has 170 valence electrons. The molecule has 0 aliphatic carbocycles. The first kappa shape index (κ1) is 29.1. The third-order valence-corrected chi connectivity index (χ3v) is 3.83. The Morgan fingerprint density at radius 1 is 0.655 bits per heavy atom. The zero-order valence-electron chi connectivity index (χ0n) is 17.4. The highest BCUT2D eigenvalue weighted by Crippen LogP contribution is 1.96. The second-order valence-corrected chi connectivity index (χ2v) is 6.40. The number of aldehydes is 1. The monoisotopic (exact) mass is 422 g/mol. The Balaban J connectivity index is 0. The summed E-state index contributed by atoms with van der Waals surface area (Å²) in [7, 11) is 4.31. The van der Waals surface area contributed by atoms with Gasteiger partial charge in [-0.1, -0.05) is 0 Å². The maximum Gasteiger partial charge on any atom is 0.317 e. The fourth-order valence-electron chi connectivity index (χ4n) is 2.39. The smallest absolute Gasteiger partial charge is 0.317 e. The summed E-state index contributed by atoms with van der Waals surface area (Å²) >= 11 is 0. The lowest BCUT2D eigenvalue weighted by atomic mass is 10.3. The minimum Gasteiger partial charge on any atom is -0.480 e. The van der Waals surface area contributed by atoms with Crippen molar-refractivity contribution in [1.82, 2.24) is 19.6 Å². The van der Waals surface area contributed by atoms with Crippen LogP contribution in [0.4, 0.5) is 0 Å². The van der Waals surface area contributed by atoms with Crippen molar-refractivity contribution >= 4 is 24.2 Å². The van der Waals surface area contributed by atoms with E-state index < -0.39 is 17.9 Å². The van der Waals surface area contributed by atoms with Crippen LogP contribution in [0, 0.1) is 0 Å². The largest absolute Gasteiger partial charge is 0.480 e. The molecular formula is C17H34N4O8. The molecule has 0 heterocycles.